The Bertz CT molecular complexity index is 686. The molecule has 134 valence electrons. The molecule has 0 aliphatic heterocycles. The summed E-state index contributed by atoms with van der Waals surface area (Å²) in [7, 11) is 1.65. The summed E-state index contributed by atoms with van der Waals surface area (Å²) >= 11 is 0. The zero-order chi connectivity index (χ0) is 18.1. The average Bonchev–Trinajstić information content (AvgIpc) is 2.62. The van der Waals surface area contributed by atoms with Gasteiger partial charge in [0.1, 0.15) is 5.75 Å². The first-order valence-electron chi connectivity index (χ1n) is 8.68. The molecule has 1 aromatic carbocycles. The highest BCUT2D eigenvalue weighted by atomic mass is 16.5. The number of aromatic nitrogens is 1. The Morgan fingerprint density at radius 2 is 2.04 bits per heavy atom. The average molecular weight is 341 g/mol. The van der Waals surface area contributed by atoms with Gasteiger partial charge >= 0.3 is 0 Å². The monoisotopic (exact) mass is 341 g/mol. The Kier molecular flexibility index (Phi) is 7.26. The number of pyridine rings is 1. The van der Waals surface area contributed by atoms with E-state index < -0.39 is 0 Å². The highest BCUT2D eigenvalue weighted by Crippen LogP contribution is 2.13. The molecule has 0 radical (unpaired) electrons. The Morgan fingerprint density at radius 1 is 1.20 bits per heavy atom. The first kappa shape index (κ1) is 18.8. The summed E-state index contributed by atoms with van der Waals surface area (Å²) in [4.78, 5) is 16.4. The predicted octanol–water partition coefficient (Wildman–Crippen LogP) is 3.52. The van der Waals surface area contributed by atoms with Gasteiger partial charge in [0.2, 0.25) is 0 Å². The van der Waals surface area contributed by atoms with Crippen molar-refractivity contribution in [3.8, 4) is 5.75 Å². The van der Waals surface area contributed by atoms with Gasteiger partial charge in [0.05, 0.1) is 18.4 Å². The molecular formula is C20H27N3O2. The van der Waals surface area contributed by atoms with Crippen molar-refractivity contribution in [2.75, 3.05) is 25.5 Å². The van der Waals surface area contributed by atoms with Crippen LogP contribution in [0.1, 0.15) is 36.2 Å². The first-order chi connectivity index (χ1) is 12.1. The van der Waals surface area contributed by atoms with Gasteiger partial charge in [-0.1, -0.05) is 26.0 Å². The van der Waals surface area contributed by atoms with E-state index in [1.807, 2.05) is 30.3 Å². The maximum atomic E-state index is 12.3. The van der Waals surface area contributed by atoms with Gasteiger partial charge in [0.15, 0.2) is 0 Å². The van der Waals surface area contributed by atoms with Gasteiger partial charge in [-0.25, -0.2) is 0 Å². The molecule has 5 heteroatoms. The highest BCUT2D eigenvalue weighted by molar-refractivity contribution is 5.94. The third-order valence-corrected chi connectivity index (χ3v) is 3.88. The van der Waals surface area contributed by atoms with Crippen molar-refractivity contribution in [1.29, 1.82) is 0 Å². The summed E-state index contributed by atoms with van der Waals surface area (Å²) in [5, 5.41) is 6.25. The van der Waals surface area contributed by atoms with Crippen molar-refractivity contribution >= 4 is 11.6 Å². The molecule has 0 saturated heterocycles. The molecule has 2 rings (SSSR count). The van der Waals surface area contributed by atoms with Gasteiger partial charge in [0.25, 0.3) is 5.91 Å². The Hall–Kier alpha value is -2.56. The third kappa shape index (κ3) is 6.45. The molecule has 1 heterocycles. The number of rotatable bonds is 9. The molecule has 5 nitrogen and oxygen atoms in total. The van der Waals surface area contributed by atoms with Crippen LogP contribution in [0, 0.1) is 5.92 Å². The number of hydrogen-bond acceptors (Lipinski definition) is 4. The molecule has 2 N–H and O–H groups in total. The molecule has 1 amide bonds. The van der Waals surface area contributed by atoms with Crippen LogP contribution in [-0.2, 0) is 6.42 Å². The van der Waals surface area contributed by atoms with Gasteiger partial charge < -0.3 is 15.4 Å². The summed E-state index contributed by atoms with van der Waals surface area (Å²) in [6, 6.07) is 9.70. The van der Waals surface area contributed by atoms with Gasteiger partial charge in [0, 0.05) is 25.5 Å². The minimum atomic E-state index is -0.108. The fraction of sp³-hybridized carbons (Fsp3) is 0.400. The van der Waals surface area contributed by atoms with Crippen LogP contribution in [0.2, 0.25) is 0 Å². The third-order valence-electron chi connectivity index (χ3n) is 3.88. The van der Waals surface area contributed by atoms with E-state index in [4.69, 9.17) is 4.74 Å². The molecule has 0 aliphatic carbocycles. The number of benzene rings is 1. The number of carbonyl (C=O) groups is 1. The van der Waals surface area contributed by atoms with Gasteiger partial charge in [-0.2, -0.15) is 0 Å². The lowest BCUT2D eigenvalue weighted by Gasteiger charge is -2.10. The number of ether oxygens (including phenoxy) is 1. The van der Waals surface area contributed by atoms with E-state index in [1.165, 1.54) is 0 Å². The standard InChI is InChI=1S/C20H27N3O2/c1-15(2)7-9-22-18-12-17(13-21-14-18)20(24)23-10-8-16-5-4-6-19(11-16)25-3/h4-6,11-15,22H,7-10H2,1-3H3,(H,23,24). The zero-order valence-corrected chi connectivity index (χ0v) is 15.2. The lowest BCUT2D eigenvalue weighted by atomic mass is 10.1. The van der Waals surface area contributed by atoms with Gasteiger partial charge in [-0.15, -0.1) is 0 Å². The van der Waals surface area contributed by atoms with Crippen LogP contribution < -0.4 is 15.4 Å². The van der Waals surface area contributed by atoms with Crippen LogP contribution in [0.15, 0.2) is 42.7 Å². The molecule has 0 aliphatic rings. The minimum absolute atomic E-state index is 0.108. The molecular weight excluding hydrogens is 314 g/mol. The van der Waals surface area contributed by atoms with Crippen molar-refractivity contribution in [2.24, 2.45) is 5.92 Å². The summed E-state index contributed by atoms with van der Waals surface area (Å²) in [6.45, 7) is 5.81. The van der Waals surface area contributed by atoms with E-state index in [2.05, 4.69) is 29.5 Å². The number of carbonyl (C=O) groups excluding carboxylic acids is 1. The van der Waals surface area contributed by atoms with E-state index in [-0.39, 0.29) is 5.91 Å². The van der Waals surface area contributed by atoms with Crippen LogP contribution in [0.3, 0.4) is 0 Å². The molecule has 25 heavy (non-hydrogen) atoms. The van der Waals surface area contributed by atoms with Crippen molar-refractivity contribution in [1.82, 2.24) is 10.3 Å². The molecule has 0 atom stereocenters. The van der Waals surface area contributed by atoms with Crippen LogP contribution in [0.4, 0.5) is 5.69 Å². The molecule has 0 unspecified atom stereocenters. The van der Waals surface area contributed by atoms with Crippen LogP contribution in [0.5, 0.6) is 5.75 Å². The number of anilines is 1. The summed E-state index contributed by atoms with van der Waals surface area (Å²) in [6.07, 6.45) is 5.17. The van der Waals surface area contributed by atoms with E-state index in [0.717, 1.165) is 36.4 Å². The van der Waals surface area contributed by atoms with Gasteiger partial charge in [-0.05, 0) is 42.5 Å². The van der Waals surface area contributed by atoms with E-state index in [9.17, 15) is 4.79 Å². The van der Waals surface area contributed by atoms with Crippen molar-refractivity contribution in [3.63, 3.8) is 0 Å². The topological polar surface area (TPSA) is 63.2 Å². The van der Waals surface area contributed by atoms with Crippen LogP contribution >= 0.6 is 0 Å². The Balaban J connectivity index is 1.83. The smallest absolute Gasteiger partial charge is 0.252 e. The zero-order valence-electron chi connectivity index (χ0n) is 15.2. The molecule has 0 saturated carbocycles. The molecule has 0 spiro atoms. The molecule has 0 fully saturated rings. The second kappa shape index (κ2) is 9.67. The normalized spacial score (nSPS) is 10.6. The number of methoxy groups -OCH3 is 1. The lowest BCUT2D eigenvalue weighted by Crippen LogP contribution is -2.26. The predicted molar refractivity (Wildman–Crippen MR) is 101 cm³/mol. The van der Waals surface area contributed by atoms with E-state index in [1.54, 1.807) is 19.5 Å². The summed E-state index contributed by atoms with van der Waals surface area (Å²) in [5.41, 5.74) is 2.57. The molecule has 0 bridgehead atoms. The number of amides is 1. The van der Waals surface area contributed by atoms with Crippen LogP contribution in [-0.4, -0.2) is 31.1 Å². The van der Waals surface area contributed by atoms with Crippen LogP contribution in [0.25, 0.3) is 0 Å². The van der Waals surface area contributed by atoms with E-state index in [0.29, 0.717) is 18.0 Å². The summed E-state index contributed by atoms with van der Waals surface area (Å²) in [5.74, 6) is 1.36. The fourth-order valence-electron chi connectivity index (χ4n) is 2.42. The highest BCUT2D eigenvalue weighted by Gasteiger charge is 2.07. The maximum absolute atomic E-state index is 12.3. The Morgan fingerprint density at radius 3 is 2.80 bits per heavy atom. The van der Waals surface area contributed by atoms with E-state index >= 15 is 0 Å². The minimum Gasteiger partial charge on any atom is -0.497 e. The molecule has 2 aromatic rings. The lowest BCUT2D eigenvalue weighted by molar-refractivity contribution is 0.0954. The second-order valence-electron chi connectivity index (χ2n) is 6.43. The van der Waals surface area contributed by atoms with Crippen molar-refractivity contribution in [2.45, 2.75) is 26.7 Å². The molecule has 1 aromatic heterocycles. The van der Waals surface area contributed by atoms with Crippen molar-refractivity contribution < 1.29 is 9.53 Å². The second-order valence-corrected chi connectivity index (χ2v) is 6.43. The first-order valence-corrected chi connectivity index (χ1v) is 8.68. The van der Waals surface area contributed by atoms with Gasteiger partial charge in [-0.3, -0.25) is 9.78 Å². The fourth-order valence-corrected chi connectivity index (χ4v) is 2.42. The SMILES string of the molecule is COc1cccc(CCNC(=O)c2cncc(NCCC(C)C)c2)c1. The maximum Gasteiger partial charge on any atom is 0.252 e. The summed E-state index contributed by atoms with van der Waals surface area (Å²) < 4.78 is 5.21. The Labute approximate surface area is 149 Å². The number of nitrogens with one attached hydrogen (secondary N) is 2. The quantitative estimate of drug-likeness (QED) is 0.732. The largest absolute Gasteiger partial charge is 0.497 e. The number of hydrogen-bond donors (Lipinski definition) is 2. The number of nitrogens with zero attached hydrogens (tertiary/aromatic N) is 1. The van der Waals surface area contributed by atoms with Crippen molar-refractivity contribution in [3.05, 3.63) is 53.9 Å².